The third-order valence-electron chi connectivity index (χ3n) is 5.50. The number of amides is 1. The zero-order valence-electron chi connectivity index (χ0n) is 18.1. The minimum absolute atomic E-state index is 0.169. The van der Waals surface area contributed by atoms with Crippen LogP contribution in [0.2, 0.25) is 0 Å². The zero-order valence-corrected chi connectivity index (χ0v) is 19.0. The highest BCUT2D eigenvalue weighted by Crippen LogP contribution is 2.27. The number of nitrogens with one attached hydrogen (secondary N) is 2. The SMILES string of the molecule is CCc1ccc2oc(-c3cccc(NC(=S)NC(=O)c4oc5ccccc5c4C)c3)nc2c1. The van der Waals surface area contributed by atoms with Gasteiger partial charge in [0.2, 0.25) is 5.89 Å². The highest BCUT2D eigenvalue weighted by atomic mass is 32.1. The van der Waals surface area contributed by atoms with Gasteiger partial charge in [-0.1, -0.05) is 37.3 Å². The number of furan rings is 1. The summed E-state index contributed by atoms with van der Waals surface area (Å²) >= 11 is 5.35. The van der Waals surface area contributed by atoms with Gasteiger partial charge >= 0.3 is 0 Å². The van der Waals surface area contributed by atoms with E-state index in [4.69, 9.17) is 21.1 Å². The van der Waals surface area contributed by atoms with Gasteiger partial charge in [0.15, 0.2) is 16.5 Å². The van der Waals surface area contributed by atoms with Crippen LogP contribution in [0.1, 0.15) is 28.6 Å². The second-order valence-corrected chi connectivity index (χ2v) is 8.12. The van der Waals surface area contributed by atoms with E-state index in [0.29, 0.717) is 17.2 Å². The molecular weight excluding hydrogens is 434 g/mol. The summed E-state index contributed by atoms with van der Waals surface area (Å²) in [6.07, 6.45) is 0.939. The van der Waals surface area contributed by atoms with Crippen LogP contribution in [0.25, 0.3) is 33.5 Å². The van der Waals surface area contributed by atoms with Crippen LogP contribution < -0.4 is 10.6 Å². The molecule has 33 heavy (non-hydrogen) atoms. The van der Waals surface area contributed by atoms with Crippen LogP contribution in [-0.2, 0) is 6.42 Å². The summed E-state index contributed by atoms with van der Waals surface area (Å²) in [4.78, 5) is 17.3. The normalized spacial score (nSPS) is 11.1. The standard InChI is InChI=1S/C26H21N3O3S/c1-3-16-11-12-22-20(13-16)28-25(32-22)17-7-6-8-18(14-17)27-26(33)29-24(30)23-15(2)19-9-4-5-10-21(19)31-23/h4-14H,3H2,1-2H3,(H2,27,29,30,33). The number of benzene rings is 3. The third-order valence-corrected chi connectivity index (χ3v) is 5.71. The van der Waals surface area contributed by atoms with Crippen LogP contribution in [-0.4, -0.2) is 16.0 Å². The first-order valence-electron chi connectivity index (χ1n) is 10.6. The smallest absolute Gasteiger partial charge is 0.293 e. The molecule has 2 heterocycles. The Morgan fingerprint density at radius 2 is 1.85 bits per heavy atom. The molecular formula is C26H21N3O3S. The Bertz CT molecular complexity index is 1520. The van der Waals surface area contributed by atoms with E-state index in [1.807, 2.05) is 73.7 Å². The molecule has 164 valence electrons. The molecule has 6 nitrogen and oxygen atoms in total. The molecule has 2 N–H and O–H groups in total. The van der Waals surface area contributed by atoms with Gasteiger partial charge in [0.05, 0.1) is 0 Å². The Morgan fingerprint density at radius 1 is 1.00 bits per heavy atom. The number of para-hydroxylation sites is 1. The van der Waals surface area contributed by atoms with E-state index in [0.717, 1.165) is 34.0 Å². The maximum absolute atomic E-state index is 12.7. The van der Waals surface area contributed by atoms with Gasteiger partial charge in [-0.2, -0.15) is 0 Å². The van der Waals surface area contributed by atoms with Crippen molar-refractivity contribution in [2.75, 3.05) is 5.32 Å². The molecule has 0 saturated carbocycles. The van der Waals surface area contributed by atoms with Crippen LogP contribution in [0.15, 0.2) is 75.6 Å². The number of hydrogen-bond acceptors (Lipinski definition) is 5. The van der Waals surface area contributed by atoms with E-state index in [2.05, 4.69) is 22.5 Å². The fraction of sp³-hybridized carbons (Fsp3) is 0.115. The van der Waals surface area contributed by atoms with Crippen molar-refractivity contribution >= 4 is 51.0 Å². The van der Waals surface area contributed by atoms with Crippen molar-refractivity contribution in [3.63, 3.8) is 0 Å². The van der Waals surface area contributed by atoms with Gasteiger partial charge in [-0.15, -0.1) is 0 Å². The molecule has 0 aliphatic rings. The minimum atomic E-state index is -0.400. The average molecular weight is 456 g/mol. The molecule has 0 bridgehead atoms. The topological polar surface area (TPSA) is 80.3 Å². The first kappa shape index (κ1) is 20.9. The fourth-order valence-electron chi connectivity index (χ4n) is 3.76. The number of oxazole rings is 1. The summed E-state index contributed by atoms with van der Waals surface area (Å²) in [6.45, 7) is 3.96. The highest BCUT2D eigenvalue weighted by Gasteiger charge is 2.18. The Hall–Kier alpha value is -3.97. The van der Waals surface area contributed by atoms with E-state index >= 15 is 0 Å². The van der Waals surface area contributed by atoms with Gasteiger partial charge in [-0.25, -0.2) is 4.98 Å². The van der Waals surface area contributed by atoms with Crippen LogP contribution in [0, 0.1) is 6.92 Å². The molecule has 2 aromatic heterocycles. The molecule has 0 fully saturated rings. The number of aromatic nitrogens is 1. The lowest BCUT2D eigenvalue weighted by Crippen LogP contribution is -2.34. The molecule has 3 aromatic carbocycles. The second kappa shape index (κ2) is 8.52. The van der Waals surface area contributed by atoms with Gasteiger partial charge in [0.1, 0.15) is 11.1 Å². The number of aryl methyl sites for hydroxylation is 2. The van der Waals surface area contributed by atoms with Crippen LogP contribution in [0.3, 0.4) is 0 Å². The monoisotopic (exact) mass is 455 g/mol. The number of anilines is 1. The summed E-state index contributed by atoms with van der Waals surface area (Å²) in [5.74, 6) is 0.366. The van der Waals surface area contributed by atoms with Crippen molar-refractivity contribution in [1.29, 1.82) is 0 Å². The molecule has 0 atom stereocenters. The molecule has 7 heteroatoms. The Labute approximate surface area is 195 Å². The van der Waals surface area contributed by atoms with Crippen molar-refractivity contribution < 1.29 is 13.6 Å². The number of thiocarbonyl (C=S) groups is 1. The van der Waals surface area contributed by atoms with Gasteiger partial charge in [-0.05, 0) is 67.5 Å². The van der Waals surface area contributed by atoms with Gasteiger partial charge in [0.25, 0.3) is 5.91 Å². The number of rotatable bonds is 4. The first-order chi connectivity index (χ1) is 16.0. The summed E-state index contributed by atoms with van der Waals surface area (Å²) in [7, 11) is 0. The van der Waals surface area contributed by atoms with Gasteiger partial charge in [-0.3, -0.25) is 10.1 Å². The zero-order chi connectivity index (χ0) is 22.9. The van der Waals surface area contributed by atoms with Crippen molar-refractivity contribution in [2.45, 2.75) is 20.3 Å². The van der Waals surface area contributed by atoms with Crippen molar-refractivity contribution in [3.8, 4) is 11.5 Å². The average Bonchev–Trinajstić information content (AvgIpc) is 3.40. The molecule has 5 rings (SSSR count). The Morgan fingerprint density at radius 3 is 2.67 bits per heavy atom. The number of carbonyl (C=O) groups is 1. The third kappa shape index (κ3) is 4.10. The van der Waals surface area contributed by atoms with Crippen LogP contribution in [0.4, 0.5) is 5.69 Å². The molecule has 0 aliphatic heterocycles. The van der Waals surface area contributed by atoms with Crippen molar-refractivity contribution in [1.82, 2.24) is 10.3 Å². The molecule has 0 radical (unpaired) electrons. The second-order valence-electron chi connectivity index (χ2n) is 7.72. The van der Waals surface area contributed by atoms with E-state index < -0.39 is 5.91 Å². The summed E-state index contributed by atoms with van der Waals surface area (Å²) < 4.78 is 11.6. The number of fused-ring (bicyclic) bond motifs is 2. The maximum atomic E-state index is 12.7. The summed E-state index contributed by atoms with van der Waals surface area (Å²) in [6, 6.07) is 21.1. The molecule has 0 spiro atoms. The Kier molecular flexibility index (Phi) is 5.40. The molecule has 1 amide bonds. The predicted molar refractivity (Wildman–Crippen MR) is 133 cm³/mol. The minimum Gasteiger partial charge on any atom is -0.451 e. The molecule has 5 aromatic rings. The van der Waals surface area contributed by atoms with Gasteiger partial charge in [0, 0.05) is 22.2 Å². The maximum Gasteiger partial charge on any atom is 0.293 e. The lowest BCUT2D eigenvalue weighted by atomic mass is 10.1. The van der Waals surface area contributed by atoms with E-state index in [-0.39, 0.29) is 10.9 Å². The van der Waals surface area contributed by atoms with Crippen molar-refractivity contribution in [2.24, 2.45) is 0 Å². The van der Waals surface area contributed by atoms with E-state index in [1.165, 1.54) is 5.56 Å². The summed E-state index contributed by atoms with van der Waals surface area (Å²) in [5.41, 5.74) is 5.72. The van der Waals surface area contributed by atoms with Crippen LogP contribution >= 0.6 is 12.2 Å². The van der Waals surface area contributed by atoms with Crippen LogP contribution in [0.5, 0.6) is 0 Å². The number of nitrogens with zero attached hydrogens (tertiary/aromatic N) is 1. The van der Waals surface area contributed by atoms with E-state index in [9.17, 15) is 4.79 Å². The fourth-order valence-corrected chi connectivity index (χ4v) is 3.97. The molecule has 0 aliphatic carbocycles. The largest absolute Gasteiger partial charge is 0.451 e. The summed E-state index contributed by atoms with van der Waals surface area (Å²) in [5, 5.41) is 6.80. The molecule has 0 saturated heterocycles. The number of carbonyl (C=O) groups excluding carboxylic acids is 1. The quantitative estimate of drug-likeness (QED) is 0.312. The lowest BCUT2D eigenvalue weighted by Gasteiger charge is -2.09. The highest BCUT2D eigenvalue weighted by molar-refractivity contribution is 7.80. The van der Waals surface area contributed by atoms with E-state index in [1.54, 1.807) is 0 Å². The number of hydrogen-bond donors (Lipinski definition) is 2. The first-order valence-corrected chi connectivity index (χ1v) is 11.0. The van der Waals surface area contributed by atoms with Crippen molar-refractivity contribution in [3.05, 3.63) is 83.6 Å². The molecule has 0 unspecified atom stereocenters. The Balaban J connectivity index is 1.32. The predicted octanol–water partition coefficient (Wildman–Crippen LogP) is 6.24. The van der Waals surface area contributed by atoms with Gasteiger partial charge < -0.3 is 14.2 Å². The lowest BCUT2D eigenvalue weighted by molar-refractivity contribution is 0.0952.